The summed E-state index contributed by atoms with van der Waals surface area (Å²) in [5, 5.41) is 4.58. The van der Waals surface area contributed by atoms with E-state index in [2.05, 4.69) is 15.4 Å². The summed E-state index contributed by atoms with van der Waals surface area (Å²) >= 11 is 6.02. The van der Waals surface area contributed by atoms with Crippen molar-refractivity contribution in [1.29, 1.82) is 0 Å². The molecule has 0 bridgehead atoms. The zero-order chi connectivity index (χ0) is 15.5. The molecule has 1 aromatic carbocycles. The first-order valence-corrected chi connectivity index (χ1v) is 7.66. The van der Waals surface area contributed by atoms with E-state index in [-0.39, 0.29) is 11.8 Å². The number of amides is 2. The number of halogens is 1. The molecule has 7 heteroatoms. The van der Waals surface area contributed by atoms with Crippen LogP contribution in [0.4, 0.5) is 5.69 Å². The second kappa shape index (κ2) is 6.36. The average molecular weight is 321 g/mol. The van der Waals surface area contributed by atoms with E-state index in [1.54, 1.807) is 4.90 Å². The fraction of sp³-hybridized carbons (Fsp3) is 0.400. The first-order valence-electron chi connectivity index (χ1n) is 7.29. The van der Waals surface area contributed by atoms with Gasteiger partial charge in [-0.1, -0.05) is 17.7 Å². The van der Waals surface area contributed by atoms with Crippen molar-refractivity contribution in [2.24, 2.45) is 5.10 Å². The predicted molar refractivity (Wildman–Crippen MR) is 85.1 cm³/mol. The molecule has 2 aliphatic heterocycles. The van der Waals surface area contributed by atoms with Gasteiger partial charge in [0, 0.05) is 49.7 Å². The van der Waals surface area contributed by atoms with Crippen LogP contribution in [0.5, 0.6) is 0 Å². The molecule has 2 heterocycles. The second-order valence-electron chi connectivity index (χ2n) is 5.35. The van der Waals surface area contributed by atoms with Gasteiger partial charge in [0.1, 0.15) is 5.71 Å². The van der Waals surface area contributed by atoms with E-state index in [1.807, 2.05) is 24.3 Å². The molecular weight excluding hydrogens is 304 g/mol. The summed E-state index contributed by atoms with van der Waals surface area (Å²) in [5.41, 5.74) is 3.88. The van der Waals surface area contributed by atoms with Crippen molar-refractivity contribution in [2.45, 2.75) is 12.8 Å². The maximum Gasteiger partial charge on any atom is 0.270 e. The molecule has 0 radical (unpaired) electrons. The molecule has 0 saturated carbocycles. The third-order valence-corrected chi connectivity index (χ3v) is 4.13. The fourth-order valence-electron chi connectivity index (χ4n) is 2.65. The lowest BCUT2D eigenvalue weighted by Crippen LogP contribution is -2.51. The standard InChI is InChI=1S/C15H17ClN4O2/c16-11-2-1-3-12(10-11)19-6-8-20(9-7-19)15(22)13-4-5-14(21)18-17-13/h1-3,10H,4-9H2,(H,18,21). The molecule has 22 heavy (non-hydrogen) atoms. The Labute approximate surface area is 133 Å². The van der Waals surface area contributed by atoms with E-state index in [9.17, 15) is 9.59 Å². The minimum absolute atomic E-state index is 0.0780. The van der Waals surface area contributed by atoms with Crippen LogP contribution >= 0.6 is 11.6 Å². The van der Waals surface area contributed by atoms with Gasteiger partial charge in [-0.15, -0.1) is 0 Å². The number of piperazine rings is 1. The van der Waals surface area contributed by atoms with E-state index in [0.717, 1.165) is 18.8 Å². The zero-order valence-electron chi connectivity index (χ0n) is 12.1. The number of benzene rings is 1. The van der Waals surface area contributed by atoms with Crippen LogP contribution in [0.15, 0.2) is 29.4 Å². The summed E-state index contributed by atoms with van der Waals surface area (Å²) in [6.45, 7) is 2.79. The minimum atomic E-state index is -0.137. The summed E-state index contributed by atoms with van der Waals surface area (Å²) < 4.78 is 0. The molecule has 6 nitrogen and oxygen atoms in total. The molecular formula is C15H17ClN4O2. The van der Waals surface area contributed by atoms with Crippen LogP contribution in [0.25, 0.3) is 0 Å². The summed E-state index contributed by atoms with van der Waals surface area (Å²) in [6, 6.07) is 7.72. The second-order valence-corrected chi connectivity index (χ2v) is 5.79. The first kappa shape index (κ1) is 14.8. The van der Waals surface area contributed by atoms with Crippen molar-refractivity contribution < 1.29 is 9.59 Å². The van der Waals surface area contributed by atoms with Crippen molar-refractivity contribution in [3.05, 3.63) is 29.3 Å². The van der Waals surface area contributed by atoms with Gasteiger partial charge in [-0.2, -0.15) is 5.10 Å². The molecule has 1 fully saturated rings. The number of carbonyl (C=O) groups is 2. The number of hydrogen-bond acceptors (Lipinski definition) is 4. The Hall–Kier alpha value is -2.08. The number of hydrazone groups is 1. The highest BCUT2D eigenvalue weighted by atomic mass is 35.5. The normalized spacial score (nSPS) is 18.8. The molecule has 2 amide bonds. The largest absolute Gasteiger partial charge is 0.368 e. The molecule has 1 saturated heterocycles. The van der Waals surface area contributed by atoms with Crippen LogP contribution in [0.2, 0.25) is 5.02 Å². The van der Waals surface area contributed by atoms with E-state index < -0.39 is 0 Å². The lowest BCUT2D eigenvalue weighted by molar-refractivity contribution is -0.124. The van der Waals surface area contributed by atoms with Gasteiger partial charge in [0.25, 0.3) is 5.91 Å². The molecule has 0 aromatic heterocycles. The molecule has 0 aliphatic carbocycles. The fourth-order valence-corrected chi connectivity index (χ4v) is 2.84. The predicted octanol–water partition coefficient (Wildman–Crippen LogP) is 1.25. The summed E-state index contributed by atoms with van der Waals surface area (Å²) in [7, 11) is 0. The van der Waals surface area contributed by atoms with Gasteiger partial charge in [-0.3, -0.25) is 9.59 Å². The van der Waals surface area contributed by atoms with Crippen molar-refractivity contribution in [2.75, 3.05) is 31.1 Å². The number of rotatable bonds is 2. The Morgan fingerprint density at radius 2 is 1.95 bits per heavy atom. The highest BCUT2D eigenvalue weighted by Gasteiger charge is 2.26. The summed E-state index contributed by atoms with van der Waals surface area (Å²) in [6.07, 6.45) is 0.742. The molecule has 0 atom stereocenters. The smallest absolute Gasteiger partial charge is 0.270 e. The van der Waals surface area contributed by atoms with Crippen LogP contribution in [-0.2, 0) is 9.59 Å². The lowest BCUT2D eigenvalue weighted by atomic mass is 10.1. The molecule has 0 spiro atoms. The average Bonchev–Trinajstić information content (AvgIpc) is 2.55. The molecule has 3 rings (SSSR count). The monoisotopic (exact) mass is 320 g/mol. The lowest BCUT2D eigenvalue weighted by Gasteiger charge is -2.36. The van der Waals surface area contributed by atoms with Gasteiger partial charge in [0.15, 0.2) is 0 Å². The maximum absolute atomic E-state index is 12.4. The number of anilines is 1. The van der Waals surface area contributed by atoms with Gasteiger partial charge in [-0.25, -0.2) is 5.43 Å². The van der Waals surface area contributed by atoms with Crippen molar-refractivity contribution >= 4 is 34.8 Å². The maximum atomic E-state index is 12.4. The molecule has 0 unspecified atom stereocenters. The highest BCUT2D eigenvalue weighted by Crippen LogP contribution is 2.21. The van der Waals surface area contributed by atoms with Crippen LogP contribution < -0.4 is 10.3 Å². The Morgan fingerprint density at radius 1 is 1.18 bits per heavy atom. The summed E-state index contributed by atoms with van der Waals surface area (Å²) in [4.78, 5) is 27.4. The van der Waals surface area contributed by atoms with Crippen LogP contribution in [-0.4, -0.2) is 48.6 Å². The Kier molecular flexibility index (Phi) is 4.29. The van der Waals surface area contributed by atoms with Crippen molar-refractivity contribution in [3.8, 4) is 0 Å². The quantitative estimate of drug-likeness (QED) is 0.892. The zero-order valence-corrected chi connectivity index (χ0v) is 12.8. The minimum Gasteiger partial charge on any atom is -0.368 e. The molecule has 1 aromatic rings. The molecule has 1 N–H and O–H groups in total. The molecule has 116 valence electrons. The van der Waals surface area contributed by atoms with Gasteiger partial charge in [0.05, 0.1) is 0 Å². The molecule has 2 aliphatic rings. The van der Waals surface area contributed by atoms with Crippen LogP contribution in [0, 0.1) is 0 Å². The highest BCUT2D eigenvalue weighted by molar-refractivity contribution is 6.39. The van der Waals surface area contributed by atoms with E-state index >= 15 is 0 Å². The van der Waals surface area contributed by atoms with Crippen LogP contribution in [0.3, 0.4) is 0 Å². The first-order chi connectivity index (χ1) is 10.6. The Bertz CT molecular complexity index is 624. The Balaban J connectivity index is 1.60. The topological polar surface area (TPSA) is 65.0 Å². The SMILES string of the molecule is O=C1CCC(C(=O)N2CCN(c3cccc(Cl)c3)CC2)=NN1. The van der Waals surface area contributed by atoms with Gasteiger partial charge in [0.2, 0.25) is 5.91 Å². The summed E-state index contributed by atoms with van der Waals surface area (Å²) in [5.74, 6) is -0.215. The van der Waals surface area contributed by atoms with Gasteiger partial charge < -0.3 is 9.80 Å². The number of nitrogens with zero attached hydrogens (tertiary/aromatic N) is 3. The number of hydrogen-bond donors (Lipinski definition) is 1. The van der Waals surface area contributed by atoms with Crippen molar-refractivity contribution in [1.82, 2.24) is 10.3 Å². The van der Waals surface area contributed by atoms with Gasteiger partial charge in [-0.05, 0) is 18.2 Å². The third kappa shape index (κ3) is 3.22. The van der Waals surface area contributed by atoms with E-state index in [4.69, 9.17) is 11.6 Å². The van der Waals surface area contributed by atoms with Crippen molar-refractivity contribution in [3.63, 3.8) is 0 Å². The third-order valence-electron chi connectivity index (χ3n) is 3.89. The number of carbonyl (C=O) groups excluding carboxylic acids is 2. The van der Waals surface area contributed by atoms with Crippen LogP contribution in [0.1, 0.15) is 12.8 Å². The number of nitrogens with one attached hydrogen (secondary N) is 1. The Morgan fingerprint density at radius 3 is 2.59 bits per heavy atom. The van der Waals surface area contributed by atoms with E-state index in [1.165, 1.54) is 0 Å². The van der Waals surface area contributed by atoms with Gasteiger partial charge >= 0.3 is 0 Å². The van der Waals surface area contributed by atoms with E-state index in [0.29, 0.717) is 36.7 Å².